The maximum Gasteiger partial charge on any atom is 0.375 e. The maximum atomic E-state index is 11.9. The summed E-state index contributed by atoms with van der Waals surface area (Å²) in [5.74, 6) is 1.09. The van der Waals surface area contributed by atoms with Crippen LogP contribution in [0.1, 0.15) is 35.7 Å². The number of aryl methyl sites for hydroxylation is 2. The molecular formula is C20H23N3O5. The highest BCUT2D eigenvalue weighted by Crippen LogP contribution is 2.33. The SMILES string of the molecule is CCOC(=O)c1cnc(-c2c(OCc3ccc(OC)cc3)c(C)nn2CC)o1. The molecule has 0 saturated carbocycles. The Hall–Kier alpha value is -3.29. The van der Waals surface area contributed by atoms with Crippen LogP contribution in [0.4, 0.5) is 0 Å². The van der Waals surface area contributed by atoms with Crippen LogP contribution >= 0.6 is 0 Å². The Morgan fingerprint density at radius 1 is 1.21 bits per heavy atom. The van der Waals surface area contributed by atoms with E-state index in [4.69, 9.17) is 18.6 Å². The summed E-state index contributed by atoms with van der Waals surface area (Å²) in [5.41, 5.74) is 2.28. The fourth-order valence-corrected chi connectivity index (χ4v) is 2.73. The van der Waals surface area contributed by atoms with Crippen molar-refractivity contribution in [1.82, 2.24) is 14.8 Å². The Labute approximate surface area is 163 Å². The lowest BCUT2D eigenvalue weighted by atomic mass is 10.2. The van der Waals surface area contributed by atoms with Crippen LogP contribution in [0.15, 0.2) is 34.9 Å². The summed E-state index contributed by atoms with van der Waals surface area (Å²) >= 11 is 0. The second-order valence-corrected chi connectivity index (χ2v) is 5.97. The fraction of sp³-hybridized carbons (Fsp3) is 0.350. The molecule has 8 heteroatoms. The van der Waals surface area contributed by atoms with E-state index in [0.717, 1.165) is 11.3 Å². The van der Waals surface area contributed by atoms with E-state index in [-0.39, 0.29) is 18.3 Å². The van der Waals surface area contributed by atoms with Gasteiger partial charge in [0.15, 0.2) is 11.4 Å². The average molecular weight is 385 g/mol. The molecule has 0 atom stereocenters. The highest BCUT2D eigenvalue weighted by Gasteiger charge is 2.24. The van der Waals surface area contributed by atoms with Gasteiger partial charge in [-0.3, -0.25) is 4.68 Å². The zero-order valence-electron chi connectivity index (χ0n) is 16.4. The van der Waals surface area contributed by atoms with Gasteiger partial charge in [0.05, 0.1) is 19.9 Å². The average Bonchev–Trinajstić information content (AvgIpc) is 3.31. The first kappa shape index (κ1) is 19.5. The molecule has 2 heterocycles. The zero-order valence-corrected chi connectivity index (χ0v) is 16.4. The predicted molar refractivity (Wildman–Crippen MR) is 101 cm³/mol. The van der Waals surface area contributed by atoms with Crippen molar-refractivity contribution in [3.63, 3.8) is 0 Å². The van der Waals surface area contributed by atoms with E-state index in [2.05, 4.69) is 10.1 Å². The van der Waals surface area contributed by atoms with Gasteiger partial charge in [0.25, 0.3) is 0 Å². The van der Waals surface area contributed by atoms with E-state index in [1.165, 1.54) is 6.20 Å². The summed E-state index contributed by atoms with van der Waals surface area (Å²) < 4.78 is 23.5. The number of esters is 1. The third-order valence-corrected chi connectivity index (χ3v) is 4.10. The Morgan fingerprint density at radius 2 is 1.96 bits per heavy atom. The van der Waals surface area contributed by atoms with Gasteiger partial charge in [-0.05, 0) is 38.5 Å². The lowest BCUT2D eigenvalue weighted by molar-refractivity contribution is 0.0491. The van der Waals surface area contributed by atoms with Gasteiger partial charge in [-0.2, -0.15) is 5.10 Å². The van der Waals surface area contributed by atoms with Gasteiger partial charge < -0.3 is 18.6 Å². The van der Waals surface area contributed by atoms with Crippen LogP contribution in [-0.2, 0) is 17.9 Å². The van der Waals surface area contributed by atoms with Gasteiger partial charge in [-0.15, -0.1) is 0 Å². The van der Waals surface area contributed by atoms with Gasteiger partial charge in [-0.1, -0.05) is 12.1 Å². The summed E-state index contributed by atoms with van der Waals surface area (Å²) in [7, 11) is 1.63. The van der Waals surface area contributed by atoms with Crippen LogP contribution in [-0.4, -0.2) is 34.5 Å². The highest BCUT2D eigenvalue weighted by atomic mass is 16.5. The number of rotatable bonds is 8. The van der Waals surface area contributed by atoms with Crippen LogP contribution in [0.25, 0.3) is 11.6 Å². The van der Waals surface area contributed by atoms with Crippen molar-refractivity contribution < 1.29 is 23.4 Å². The summed E-state index contributed by atoms with van der Waals surface area (Å²) in [6.07, 6.45) is 1.35. The number of carbonyl (C=O) groups is 1. The molecule has 0 aliphatic carbocycles. The molecule has 28 heavy (non-hydrogen) atoms. The molecular weight excluding hydrogens is 362 g/mol. The standard InChI is InChI=1S/C20H23N3O5/c1-5-23-17(19-21-11-16(28-19)20(24)26-6-2)18(13(3)22-23)27-12-14-7-9-15(25-4)10-8-14/h7-11H,5-6,12H2,1-4H3. The molecule has 0 radical (unpaired) electrons. The lowest BCUT2D eigenvalue weighted by Gasteiger charge is -2.08. The first-order valence-electron chi connectivity index (χ1n) is 9.03. The number of hydrogen-bond acceptors (Lipinski definition) is 7. The number of nitrogens with zero attached hydrogens (tertiary/aromatic N) is 3. The van der Waals surface area contributed by atoms with Crippen molar-refractivity contribution in [3.8, 4) is 23.1 Å². The minimum Gasteiger partial charge on any atom is -0.497 e. The second kappa shape index (κ2) is 8.60. The number of methoxy groups -OCH3 is 1. The van der Waals surface area contributed by atoms with Crippen LogP contribution < -0.4 is 9.47 Å². The molecule has 148 valence electrons. The van der Waals surface area contributed by atoms with Crippen molar-refractivity contribution in [2.45, 2.75) is 33.9 Å². The van der Waals surface area contributed by atoms with Crippen molar-refractivity contribution in [1.29, 1.82) is 0 Å². The first-order chi connectivity index (χ1) is 13.6. The summed E-state index contributed by atoms with van der Waals surface area (Å²) in [5, 5.41) is 4.49. The van der Waals surface area contributed by atoms with Crippen LogP contribution in [0.3, 0.4) is 0 Å². The van der Waals surface area contributed by atoms with Gasteiger partial charge in [0, 0.05) is 6.54 Å². The fourth-order valence-electron chi connectivity index (χ4n) is 2.73. The topological polar surface area (TPSA) is 88.6 Å². The number of oxazole rings is 1. The van der Waals surface area contributed by atoms with Gasteiger partial charge in [0.1, 0.15) is 18.1 Å². The van der Waals surface area contributed by atoms with Gasteiger partial charge >= 0.3 is 5.97 Å². The van der Waals surface area contributed by atoms with Crippen molar-refractivity contribution in [3.05, 3.63) is 47.5 Å². The molecule has 0 aliphatic rings. The Bertz CT molecular complexity index is 943. The molecule has 0 fully saturated rings. The number of benzene rings is 1. The van der Waals surface area contributed by atoms with E-state index in [1.807, 2.05) is 38.1 Å². The summed E-state index contributed by atoms with van der Waals surface area (Å²) in [6, 6.07) is 7.62. The van der Waals surface area contributed by atoms with E-state index in [1.54, 1.807) is 18.7 Å². The molecule has 0 spiro atoms. The van der Waals surface area contributed by atoms with Crippen LogP contribution in [0, 0.1) is 6.92 Å². The second-order valence-electron chi connectivity index (χ2n) is 5.97. The monoisotopic (exact) mass is 385 g/mol. The number of aromatic nitrogens is 3. The van der Waals surface area contributed by atoms with Gasteiger partial charge in [-0.25, -0.2) is 9.78 Å². The van der Waals surface area contributed by atoms with Crippen LogP contribution in [0.5, 0.6) is 11.5 Å². The molecule has 1 aromatic carbocycles. The van der Waals surface area contributed by atoms with Crippen molar-refractivity contribution >= 4 is 5.97 Å². The van der Waals surface area contributed by atoms with Crippen LogP contribution in [0.2, 0.25) is 0 Å². The minimum absolute atomic E-state index is 0.0412. The summed E-state index contributed by atoms with van der Waals surface area (Å²) in [4.78, 5) is 16.1. The lowest BCUT2D eigenvalue weighted by Crippen LogP contribution is -2.03. The van der Waals surface area contributed by atoms with Crippen molar-refractivity contribution in [2.75, 3.05) is 13.7 Å². The molecule has 3 aromatic rings. The summed E-state index contributed by atoms with van der Waals surface area (Å²) in [6.45, 7) is 6.75. The molecule has 2 aromatic heterocycles. The molecule has 0 N–H and O–H groups in total. The smallest absolute Gasteiger partial charge is 0.375 e. The zero-order chi connectivity index (χ0) is 20.1. The maximum absolute atomic E-state index is 11.9. The number of carbonyl (C=O) groups excluding carboxylic acids is 1. The molecule has 0 saturated heterocycles. The Balaban J connectivity index is 1.87. The molecule has 3 rings (SSSR count). The third kappa shape index (κ3) is 4.00. The third-order valence-electron chi connectivity index (χ3n) is 4.10. The van der Waals surface area contributed by atoms with E-state index < -0.39 is 5.97 Å². The quantitative estimate of drug-likeness (QED) is 0.547. The Morgan fingerprint density at radius 3 is 2.61 bits per heavy atom. The minimum atomic E-state index is -0.554. The Kier molecular flexibility index (Phi) is 5.98. The molecule has 0 amide bonds. The largest absolute Gasteiger partial charge is 0.497 e. The van der Waals surface area contributed by atoms with E-state index in [9.17, 15) is 4.79 Å². The van der Waals surface area contributed by atoms with E-state index >= 15 is 0 Å². The van der Waals surface area contributed by atoms with Crippen molar-refractivity contribution in [2.24, 2.45) is 0 Å². The highest BCUT2D eigenvalue weighted by molar-refractivity contribution is 5.86. The normalized spacial score (nSPS) is 10.7. The molecule has 0 unspecified atom stereocenters. The first-order valence-corrected chi connectivity index (χ1v) is 9.03. The molecule has 0 aliphatic heterocycles. The molecule has 8 nitrogen and oxygen atoms in total. The number of hydrogen-bond donors (Lipinski definition) is 0. The number of ether oxygens (including phenoxy) is 3. The molecule has 0 bridgehead atoms. The van der Waals surface area contributed by atoms with E-state index in [0.29, 0.717) is 30.3 Å². The van der Waals surface area contributed by atoms with Gasteiger partial charge in [0.2, 0.25) is 11.7 Å². The predicted octanol–water partition coefficient (Wildman–Crippen LogP) is 3.63.